The van der Waals surface area contributed by atoms with Gasteiger partial charge in [-0.1, -0.05) is 18.9 Å². The Morgan fingerprint density at radius 3 is 2.81 bits per heavy atom. The molecule has 6 heteroatoms. The number of anilines is 1. The summed E-state index contributed by atoms with van der Waals surface area (Å²) in [6.45, 7) is 6.22. The molecule has 1 atom stereocenters. The quantitative estimate of drug-likeness (QED) is 0.692. The Labute approximate surface area is 95.8 Å². The van der Waals surface area contributed by atoms with Crippen LogP contribution in [0.1, 0.15) is 26.2 Å². The Balaban J connectivity index is 2.43. The van der Waals surface area contributed by atoms with Gasteiger partial charge in [-0.2, -0.15) is 0 Å². The zero-order chi connectivity index (χ0) is 11.8. The van der Waals surface area contributed by atoms with Crippen molar-refractivity contribution in [3.05, 3.63) is 5.89 Å². The van der Waals surface area contributed by atoms with E-state index in [9.17, 15) is 0 Å². The van der Waals surface area contributed by atoms with Gasteiger partial charge in [0, 0.05) is 7.11 Å². The molecule has 1 aromatic rings. The summed E-state index contributed by atoms with van der Waals surface area (Å²) >= 11 is 0. The summed E-state index contributed by atoms with van der Waals surface area (Å²) in [6.07, 6.45) is 0.943. The Bertz CT molecular complexity index is 290. The second-order valence-corrected chi connectivity index (χ2v) is 3.49. The van der Waals surface area contributed by atoms with Crippen molar-refractivity contribution in [1.29, 1.82) is 0 Å². The number of hydrogen-bond acceptors (Lipinski definition) is 6. The van der Waals surface area contributed by atoms with Crippen molar-refractivity contribution in [2.45, 2.75) is 32.9 Å². The fourth-order valence-corrected chi connectivity index (χ4v) is 1.25. The van der Waals surface area contributed by atoms with Crippen LogP contribution in [0.3, 0.4) is 0 Å². The Hall–Kier alpha value is -1.14. The normalized spacial score (nSPS) is 12.7. The lowest BCUT2D eigenvalue weighted by atomic mass is 10.2. The first-order chi connectivity index (χ1) is 7.80. The van der Waals surface area contributed by atoms with Gasteiger partial charge in [0.15, 0.2) is 0 Å². The predicted molar refractivity (Wildman–Crippen MR) is 61.3 cm³/mol. The number of aromatic nitrogens is 2. The van der Waals surface area contributed by atoms with Gasteiger partial charge < -0.3 is 19.8 Å². The molecule has 0 spiro atoms. The third-order valence-corrected chi connectivity index (χ3v) is 2.18. The van der Waals surface area contributed by atoms with Crippen LogP contribution in [0.4, 0.5) is 6.01 Å². The minimum Gasteiger partial charge on any atom is -0.407 e. The summed E-state index contributed by atoms with van der Waals surface area (Å²) in [6, 6.07) is 0.661. The average Bonchev–Trinajstić information content (AvgIpc) is 2.73. The van der Waals surface area contributed by atoms with E-state index in [0.717, 1.165) is 13.0 Å². The number of methoxy groups -OCH3 is 1. The Morgan fingerprint density at radius 1 is 1.38 bits per heavy atom. The number of nitrogens with one attached hydrogen (secondary N) is 2. The first kappa shape index (κ1) is 12.9. The summed E-state index contributed by atoms with van der Waals surface area (Å²) < 4.78 is 10.5. The van der Waals surface area contributed by atoms with Crippen molar-refractivity contribution in [2.24, 2.45) is 0 Å². The molecule has 6 nitrogen and oxygen atoms in total. The van der Waals surface area contributed by atoms with E-state index in [2.05, 4.69) is 27.8 Å². The van der Waals surface area contributed by atoms with Crippen LogP contribution in [0.25, 0.3) is 0 Å². The highest BCUT2D eigenvalue weighted by atomic mass is 16.5. The highest BCUT2D eigenvalue weighted by Crippen LogP contribution is 2.08. The minimum atomic E-state index is 0.206. The lowest BCUT2D eigenvalue weighted by Gasteiger charge is -2.13. The van der Waals surface area contributed by atoms with Crippen LogP contribution < -0.4 is 10.6 Å². The SMILES string of the molecule is CCNCc1nnc(NC(CC)COC)o1. The van der Waals surface area contributed by atoms with E-state index in [1.54, 1.807) is 7.11 Å². The second-order valence-electron chi connectivity index (χ2n) is 3.49. The van der Waals surface area contributed by atoms with Crippen molar-refractivity contribution in [2.75, 3.05) is 25.6 Å². The monoisotopic (exact) mass is 228 g/mol. The molecule has 92 valence electrons. The van der Waals surface area contributed by atoms with Crippen LogP contribution in [0.15, 0.2) is 4.42 Å². The lowest BCUT2D eigenvalue weighted by molar-refractivity contribution is 0.183. The van der Waals surface area contributed by atoms with Crippen molar-refractivity contribution < 1.29 is 9.15 Å². The molecular formula is C10H20N4O2. The zero-order valence-electron chi connectivity index (χ0n) is 10.1. The molecule has 0 radical (unpaired) electrons. The van der Waals surface area contributed by atoms with E-state index in [1.807, 2.05) is 6.92 Å². The third-order valence-electron chi connectivity index (χ3n) is 2.18. The molecule has 0 saturated carbocycles. The van der Waals surface area contributed by atoms with E-state index >= 15 is 0 Å². The van der Waals surface area contributed by atoms with E-state index in [1.165, 1.54) is 0 Å². The summed E-state index contributed by atoms with van der Waals surface area (Å²) in [5, 5.41) is 14.1. The molecule has 0 bridgehead atoms. The lowest BCUT2D eigenvalue weighted by Crippen LogP contribution is -2.24. The van der Waals surface area contributed by atoms with Crippen LogP contribution in [-0.2, 0) is 11.3 Å². The van der Waals surface area contributed by atoms with Crippen molar-refractivity contribution in [3.8, 4) is 0 Å². The minimum absolute atomic E-state index is 0.206. The second kappa shape index (κ2) is 7.19. The maximum Gasteiger partial charge on any atom is 0.315 e. The first-order valence-corrected chi connectivity index (χ1v) is 5.58. The summed E-state index contributed by atoms with van der Waals surface area (Å²) in [4.78, 5) is 0. The molecule has 2 N–H and O–H groups in total. The molecule has 0 aliphatic carbocycles. The largest absolute Gasteiger partial charge is 0.407 e. The average molecular weight is 228 g/mol. The highest BCUT2D eigenvalue weighted by Gasteiger charge is 2.10. The fraction of sp³-hybridized carbons (Fsp3) is 0.800. The Kier molecular flexibility index (Phi) is 5.81. The molecule has 0 saturated heterocycles. The van der Waals surface area contributed by atoms with Gasteiger partial charge >= 0.3 is 6.01 Å². The van der Waals surface area contributed by atoms with E-state index in [4.69, 9.17) is 9.15 Å². The van der Waals surface area contributed by atoms with Gasteiger partial charge in [-0.05, 0) is 13.0 Å². The van der Waals surface area contributed by atoms with E-state index in [0.29, 0.717) is 25.1 Å². The van der Waals surface area contributed by atoms with Crippen LogP contribution in [0.5, 0.6) is 0 Å². The van der Waals surface area contributed by atoms with Crippen molar-refractivity contribution >= 4 is 6.01 Å². The zero-order valence-corrected chi connectivity index (χ0v) is 10.1. The number of ether oxygens (including phenoxy) is 1. The summed E-state index contributed by atoms with van der Waals surface area (Å²) in [7, 11) is 1.68. The van der Waals surface area contributed by atoms with Crippen LogP contribution >= 0.6 is 0 Å². The molecular weight excluding hydrogens is 208 g/mol. The molecule has 1 unspecified atom stereocenters. The van der Waals surface area contributed by atoms with E-state index in [-0.39, 0.29) is 6.04 Å². The highest BCUT2D eigenvalue weighted by molar-refractivity contribution is 5.19. The molecule has 1 rings (SSSR count). The number of nitrogens with zero attached hydrogens (tertiary/aromatic N) is 2. The molecule has 0 aliphatic heterocycles. The summed E-state index contributed by atoms with van der Waals surface area (Å²) in [5.74, 6) is 0.594. The van der Waals surface area contributed by atoms with E-state index < -0.39 is 0 Å². The van der Waals surface area contributed by atoms with Gasteiger partial charge in [0.05, 0.1) is 19.2 Å². The molecule has 0 fully saturated rings. The predicted octanol–water partition coefficient (Wildman–Crippen LogP) is 1.02. The molecule has 1 heterocycles. The van der Waals surface area contributed by atoms with Gasteiger partial charge in [0.25, 0.3) is 0 Å². The maximum atomic E-state index is 5.41. The fourth-order valence-electron chi connectivity index (χ4n) is 1.25. The maximum absolute atomic E-state index is 5.41. The molecule has 0 amide bonds. The van der Waals surface area contributed by atoms with Gasteiger partial charge in [-0.25, -0.2) is 0 Å². The van der Waals surface area contributed by atoms with Crippen molar-refractivity contribution in [1.82, 2.24) is 15.5 Å². The Morgan fingerprint density at radius 2 is 2.19 bits per heavy atom. The number of hydrogen-bond donors (Lipinski definition) is 2. The molecule has 1 aromatic heterocycles. The molecule has 16 heavy (non-hydrogen) atoms. The van der Waals surface area contributed by atoms with Crippen molar-refractivity contribution in [3.63, 3.8) is 0 Å². The van der Waals surface area contributed by atoms with Crippen LogP contribution in [0.2, 0.25) is 0 Å². The molecule has 0 aromatic carbocycles. The third kappa shape index (κ3) is 4.16. The standard InChI is InChI=1S/C10H20N4O2/c1-4-8(7-15-3)12-10-14-13-9(16-10)6-11-5-2/h8,11H,4-7H2,1-3H3,(H,12,14). The topological polar surface area (TPSA) is 72.2 Å². The number of rotatable bonds is 8. The first-order valence-electron chi connectivity index (χ1n) is 5.58. The van der Waals surface area contributed by atoms with Gasteiger partial charge in [-0.3, -0.25) is 0 Å². The van der Waals surface area contributed by atoms with Gasteiger partial charge in [0.2, 0.25) is 5.89 Å². The van der Waals surface area contributed by atoms with Gasteiger partial charge in [0.1, 0.15) is 0 Å². The van der Waals surface area contributed by atoms with Crippen LogP contribution in [0, 0.1) is 0 Å². The smallest absolute Gasteiger partial charge is 0.315 e. The van der Waals surface area contributed by atoms with Gasteiger partial charge in [-0.15, -0.1) is 5.10 Å². The molecule has 0 aliphatic rings. The van der Waals surface area contributed by atoms with Crippen LogP contribution in [-0.4, -0.2) is 36.5 Å². The summed E-state index contributed by atoms with van der Waals surface area (Å²) in [5.41, 5.74) is 0.